The van der Waals surface area contributed by atoms with E-state index in [2.05, 4.69) is 13.8 Å². The van der Waals surface area contributed by atoms with Crippen LogP contribution in [0.2, 0.25) is 0 Å². The first-order valence-electron chi connectivity index (χ1n) is 7.08. The molecule has 1 amide bonds. The van der Waals surface area contributed by atoms with Gasteiger partial charge in [-0.2, -0.15) is 0 Å². The lowest BCUT2D eigenvalue weighted by Crippen LogP contribution is -2.54. The highest BCUT2D eigenvalue weighted by atomic mass is 35.5. The zero-order valence-corrected chi connectivity index (χ0v) is 13.8. The molecular formula is C16H25ClN2O2. The number of nitrogens with two attached hydrogens (primary N) is 1. The van der Waals surface area contributed by atoms with Crippen LogP contribution in [-0.4, -0.2) is 37.0 Å². The Labute approximate surface area is 133 Å². The third-order valence-corrected chi connectivity index (χ3v) is 4.15. The van der Waals surface area contributed by atoms with E-state index in [1.807, 2.05) is 29.2 Å². The van der Waals surface area contributed by atoms with Crippen molar-refractivity contribution < 1.29 is 9.53 Å². The second-order valence-electron chi connectivity index (χ2n) is 6.23. The molecule has 0 aromatic heterocycles. The van der Waals surface area contributed by atoms with E-state index in [9.17, 15) is 4.79 Å². The second-order valence-corrected chi connectivity index (χ2v) is 6.23. The molecule has 1 saturated heterocycles. The topological polar surface area (TPSA) is 55.6 Å². The van der Waals surface area contributed by atoms with Gasteiger partial charge in [-0.25, -0.2) is 0 Å². The lowest BCUT2D eigenvalue weighted by Gasteiger charge is -2.42. The molecule has 1 aromatic rings. The van der Waals surface area contributed by atoms with Crippen molar-refractivity contribution in [3.05, 3.63) is 29.8 Å². The minimum absolute atomic E-state index is 0. The molecule has 1 fully saturated rings. The fourth-order valence-corrected chi connectivity index (χ4v) is 2.66. The van der Waals surface area contributed by atoms with Gasteiger partial charge in [0.25, 0.3) is 0 Å². The third kappa shape index (κ3) is 4.35. The molecule has 118 valence electrons. The molecule has 1 aliphatic rings. The van der Waals surface area contributed by atoms with E-state index >= 15 is 0 Å². The molecule has 4 nitrogen and oxygen atoms in total. The number of likely N-dealkylation sites (tertiary alicyclic amines) is 1. The van der Waals surface area contributed by atoms with Crippen molar-refractivity contribution in [3.8, 4) is 5.75 Å². The molecule has 1 heterocycles. The summed E-state index contributed by atoms with van der Waals surface area (Å²) in [6.07, 6.45) is 1.29. The number of hydrogen-bond donors (Lipinski definition) is 1. The van der Waals surface area contributed by atoms with Crippen molar-refractivity contribution in [2.24, 2.45) is 11.1 Å². The molecule has 2 N–H and O–H groups in total. The summed E-state index contributed by atoms with van der Waals surface area (Å²) in [7, 11) is 1.63. The summed E-state index contributed by atoms with van der Waals surface area (Å²) in [5, 5.41) is 0. The second kappa shape index (κ2) is 7.14. The summed E-state index contributed by atoms with van der Waals surface area (Å²) in [5.41, 5.74) is 7.09. The van der Waals surface area contributed by atoms with Crippen molar-refractivity contribution in [1.82, 2.24) is 4.90 Å². The highest BCUT2D eigenvalue weighted by Crippen LogP contribution is 2.28. The van der Waals surface area contributed by atoms with Gasteiger partial charge >= 0.3 is 0 Å². The summed E-state index contributed by atoms with van der Waals surface area (Å²) in [5.74, 6) is 0.953. The minimum Gasteiger partial charge on any atom is -0.497 e. The van der Waals surface area contributed by atoms with Gasteiger partial charge in [0.05, 0.1) is 13.5 Å². The fourth-order valence-electron chi connectivity index (χ4n) is 2.66. The molecule has 0 radical (unpaired) electrons. The van der Waals surface area contributed by atoms with Gasteiger partial charge in [0.2, 0.25) is 5.91 Å². The van der Waals surface area contributed by atoms with E-state index in [1.165, 1.54) is 0 Å². The van der Waals surface area contributed by atoms with Crippen LogP contribution in [0.25, 0.3) is 0 Å². The average molecular weight is 313 g/mol. The van der Waals surface area contributed by atoms with Crippen molar-refractivity contribution >= 4 is 18.3 Å². The Kier molecular flexibility index (Phi) is 6.05. The molecule has 1 unspecified atom stereocenters. The van der Waals surface area contributed by atoms with Crippen LogP contribution in [0.4, 0.5) is 0 Å². The Morgan fingerprint density at radius 2 is 2.19 bits per heavy atom. The Bertz CT molecular complexity index is 491. The molecule has 0 saturated carbocycles. The number of piperidine rings is 1. The molecule has 21 heavy (non-hydrogen) atoms. The maximum atomic E-state index is 12.4. The van der Waals surface area contributed by atoms with Gasteiger partial charge in [0.1, 0.15) is 5.75 Å². The number of amides is 1. The maximum Gasteiger partial charge on any atom is 0.227 e. The highest BCUT2D eigenvalue weighted by Gasteiger charge is 2.35. The van der Waals surface area contributed by atoms with Crippen LogP contribution in [0.3, 0.4) is 0 Å². The summed E-state index contributed by atoms with van der Waals surface area (Å²) < 4.78 is 5.19. The molecule has 0 aliphatic carbocycles. The quantitative estimate of drug-likeness (QED) is 0.931. The molecule has 2 rings (SSSR count). The SMILES string of the molecule is COc1cccc(CC(=O)N2CCC(N)C(C)(C)C2)c1.Cl. The van der Waals surface area contributed by atoms with Gasteiger partial charge in [0, 0.05) is 19.1 Å². The molecule has 0 bridgehead atoms. The Balaban J connectivity index is 0.00000220. The number of benzene rings is 1. The Morgan fingerprint density at radius 3 is 2.81 bits per heavy atom. The van der Waals surface area contributed by atoms with Gasteiger partial charge in [-0.1, -0.05) is 26.0 Å². The fraction of sp³-hybridized carbons (Fsp3) is 0.562. The predicted octanol–water partition coefficient (Wildman–Crippen LogP) is 2.25. The van der Waals surface area contributed by atoms with E-state index in [4.69, 9.17) is 10.5 Å². The number of nitrogens with zero attached hydrogens (tertiary/aromatic N) is 1. The van der Waals surface area contributed by atoms with E-state index < -0.39 is 0 Å². The number of halogens is 1. The summed E-state index contributed by atoms with van der Waals surface area (Å²) >= 11 is 0. The minimum atomic E-state index is -0.0116. The van der Waals surface area contributed by atoms with Crippen LogP contribution in [-0.2, 0) is 11.2 Å². The van der Waals surface area contributed by atoms with E-state index in [0.29, 0.717) is 6.42 Å². The first-order valence-corrected chi connectivity index (χ1v) is 7.08. The standard InChI is InChI=1S/C16H24N2O2.ClH/c1-16(2)11-18(8-7-14(16)17)15(19)10-12-5-4-6-13(9-12)20-3;/h4-6,9,14H,7-8,10-11,17H2,1-3H3;1H. The Morgan fingerprint density at radius 1 is 1.48 bits per heavy atom. The smallest absolute Gasteiger partial charge is 0.227 e. The summed E-state index contributed by atoms with van der Waals surface area (Å²) in [4.78, 5) is 14.3. The Hall–Kier alpha value is -1.26. The van der Waals surface area contributed by atoms with Crippen LogP contribution in [0.5, 0.6) is 5.75 Å². The largest absolute Gasteiger partial charge is 0.497 e. The van der Waals surface area contributed by atoms with Gasteiger partial charge < -0.3 is 15.4 Å². The van der Waals surface area contributed by atoms with E-state index in [1.54, 1.807) is 7.11 Å². The number of hydrogen-bond acceptors (Lipinski definition) is 3. The molecule has 1 aromatic carbocycles. The van der Waals surface area contributed by atoms with Gasteiger partial charge in [-0.15, -0.1) is 12.4 Å². The lowest BCUT2D eigenvalue weighted by atomic mass is 9.79. The molecule has 1 aliphatic heterocycles. The number of carbonyl (C=O) groups is 1. The molecule has 1 atom stereocenters. The van der Waals surface area contributed by atoms with Gasteiger partial charge in [0.15, 0.2) is 0 Å². The average Bonchev–Trinajstić information content (AvgIpc) is 2.42. The van der Waals surface area contributed by atoms with Gasteiger partial charge in [-0.3, -0.25) is 4.79 Å². The number of carbonyl (C=O) groups excluding carboxylic acids is 1. The van der Waals surface area contributed by atoms with E-state index in [-0.39, 0.29) is 29.8 Å². The molecule has 5 heteroatoms. The van der Waals surface area contributed by atoms with Crippen LogP contribution < -0.4 is 10.5 Å². The first kappa shape index (κ1) is 17.8. The lowest BCUT2D eigenvalue weighted by molar-refractivity contribution is -0.133. The van der Waals surface area contributed by atoms with Gasteiger partial charge in [-0.05, 0) is 29.5 Å². The molecule has 0 spiro atoms. The van der Waals surface area contributed by atoms with Crippen molar-refractivity contribution in [2.75, 3.05) is 20.2 Å². The summed E-state index contributed by atoms with van der Waals surface area (Å²) in [6, 6.07) is 7.84. The maximum absolute atomic E-state index is 12.4. The third-order valence-electron chi connectivity index (χ3n) is 4.15. The van der Waals surface area contributed by atoms with Crippen molar-refractivity contribution in [3.63, 3.8) is 0 Å². The first-order chi connectivity index (χ1) is 9.42. The number of rotatable bonds is 3. The monoisotopic (exact) mass is 312 g/mol. The summed E-state index contributed by atoms with van der Waals surface area (Å²) in [6.45, 7) is 5.75. The van der Waals surface area contributed by atoms with E-state index in [0.717, 1.165) is 30.8 Å². The van der Waals surface area contributed by atoms with Crippen LogP contribution in [0.15, 0.2) is 24.3 Å². The molecular weight excluding hydrogens is 288 g/mol. The van der Waals surface area contributed by atoms with Crippen LogP contribution in [0, 0.1) is 5.41 Å². The van der Waals surface area contributed by atoms with Crippen LogP contribution >= 0.6 is 12.4 Å². The zero-order chi connectivity index (χ0) is 14.8. The predicted molar refractivity (Wildman–Crippen MR) is 86.9 cm³/mol. The van der Waals surface area contributed by atoms with Crippen molar-refractivity contribution in [2.45, 2.75) is 32.7 Å². The van der Waals surface area contributed by atoms with Crippen molar-refractivity contribution in [1.29, 1.82) is 0 Å². The van der Waals surface area contributed by atoms with Crippen LogP contribution in [0.1, 0.15) is 25.8 Å². The zero-order valence-electron chi connectivity index (χ0n) is 13.0. The highest BCUT2D eigenvalue weighted by molar-refractivity contribution is 5.85. The number of methoxy groups -OCH3 is 1. The normalized spacial score (nSPS) is 20.6. The number of ether oxygens (including phenoxy) is 1.